The third-order valence-electron chi connectivity index (χ3n) is 1.79. The maximum Gasteiger partial charge on any atom is 1.00 e. The molecule has 0 unspecified atom stereocenters. The summed E-state index contributed by atoms with van der Waals surface area (Å²) in [6, 6.07) is 3.96. The molecule has 0 heterocycles. The molecule has 1 aromatic rings. The second-order valence-electron chi connectivity index (χ2n) is 2.65. The van der Waals surface area contributed by atoms with Crippen molar-refractivity contribution in [1.29, 1.82) is 0 Å². The molecule has 0 fully saturated rings. The van der Waals surface area contributed by atoms with Gasteiger partial charge in [-0.15, -0.1) is 0 Å². The molecule has 2 nitrogen and oxygen atoms in total. The van der Waals surface area contributed by atoms with Gasteiger partial charge in [-0.3, -0.25) is 0 Å². The summed E-state index contributed by atoms with van der Waals surface area (Å²) in [4.78, 5) is 0. The Morgan fingerprint density at radius 3 is 1.67 bits per heavy atom. The largest absolute Gasteiger partial charge is 1.00 e. The third kappa shape index (κ3) is 3.67. The topological polar surface area (TPSA) is 18.5 Å². The molecule has 0 spiro atoms. The van der Waals surface area contributed by atoms with Crippen LogP contribution in [0.5, 0.6) is 11.5 Å². The minimum atomic E-state index is -5.12. The van der Waals surface area contributed by atoms with Crippen LogP contribution >= 0.6 is 0 Å². The van der Waals surface area contributed by atoms with Crippen LogP contribution in [0.3, 0.4) is 0 Å². The van der Waals surface area contributed by atoms with Crippen molar-refractivity contribution >= 4 is 12.4 Å². The Bertz CT molecular complexity index is 308. The fourth-order valence-corrected chi connectivity index (χ4v) is 1.20. The van der Waals surface area contributed by atoms with Gasteiger partial charge in [-0.05, 0) is 17.6 Å². The number of ether oxygens (including phenoxy) is 2. The fourth-order valence-electron chi connectivity index (χ4n) is 1.20. The Morgan fingerprint density at radius 2 is 1.40 bits per heavy atom. The summed E-state index contributed by atoms with van der Waals surface area (Å²) in [5.74, 6) is -0.422. The van der Waals surface area contributed by atoms with E-state index < -0.39 is 12.4 Å². The maximum atomic E-state index is 12.6. The average Bonchev–Trinajstić information content (AvgIpc) is 2.15. The quantitative estimate of drug-likeness (QED) is 0.619. The van der Waals surface area contributed by atoms with E-state index in [-0.39, 0.29) is 62.9 Å². The molecule has 0 bridgehead atoms. The van der Waals surface area contributed by atoms with Gasteiger partial charge in [0.15, 0.2) is 0 Å². The van der Waals surface area contributed by atoms with E-state index >= 15 is 0 Å². The smallest absolute Gasteiger partial charge is 0.500 e. The van der Waals surface area contributed by atoms with Crippen LogP contribution < -0.4 is 66.3 Å². The Labute approximate surface area is 129 Å². The molecular weight excluding hydrogens is 235 g/mol. The summed E-state index contributed by atoms with van der Waals surface area (Å²) in [5.41, 5.74) is -0.822. The normalized spacial score (nSPS) is 10.5. The van der Waals surface area contributed by atoms with Crippen LogP contribution in [0, 0.1) is 0 Å². The first kappa shape index (κ1) is 15.3. The molecule has 0 radical (unpaired) electrons. The maximum absolute atomic E-state index is 12.6. The minimum Gasteiger partial charge on any atom is -0.500 e. The molecule has 0 amide bonds. The zero-order chi connectivity index (χ0) is 10.8. The molecule has 1 rings (SSSR count). The van der Waals surface area contributed by atoms with E-state index in [1.165, 1.54) is 32.4 Å². The Hall–Kier alpha value is 0.311. The van der Waals surface area contributed by atoms with Crippen molar-refractivity contribution in [2.45, 2.75) is 0 Å². The predicted octanol–water partition coefficient (Wildman–Crippen LogP) is -1.24. The summed E-state index contributed by atoms with van der Waals surface area (Å²) in [6.07, 6.45) is 0. The van der Waals surface area contributed by atoms with E-state index in [9.17, 15) is 12.9 Å². The van der Waals surface area contributed by atoms with E-state index in [4.69, 9.17) is 0 Å². The first-order valence-electron chi connectivity index (χ1n) is 3.91. The molecule has 7 heteroatoms. The van der Waals surface area contributed by atoms with Crippen molar-refractivity contribution in [2.75, 3.05) is 14.2 Å². The van der Waals surface area contributed by atoms with E-state index in [1.807, 2.05) is 0 Å². The number of hydrogen-bond donors (Lipinski definition) is 0. The van der Waals surface area contributed by atoms with Crippen molar-refractivity contribution in [3.05, 3.63) is 18.2 Å². The number of benzene rings is 1. The average molecular weight is 244 g/mol. The number of hydrogen-bond acceptors (Lipinski definition) is 2. The molecule has 78 valence electrons. The number of halogens is 3. The van der Waals surface area contributed by atoms with Crippen LogP contribution in [-0.4, -0.2) is 21.2 Å². The predicted molar refractivity (Wildman–Crippen MR) is 48.3 cm³/mol. The molecule has 0 atom stereocenters. The van der Waals surface area contributed by atoms with Gasteiger partial charge in [-0.1, -0.05) is 6.07 Å². The Morgan fingerprint density at radius 1 is 1.00 bits per heavy atom. The van der Waals surface area contributed by atoms with E-state index in [0.717, 1.165) is 0 Å². The zero-order valence-electron chi connectivity index (χ0n) is 8.76. The van der Waals surface area contributed by atoms with Gasteiger partial charge >= 0.3 is 58.4 Å². The molecule has 0 N–H and O–H groups in total. The van der Waals surface area contributed by atoms with E-state index in [2.05, 4.69) is 9.47 Å². The first-order valence-corrected chi connectivity index (χ1v) is 3.91. The monoisotopic (exact) mass is 244 g/mol. The summed E-state index contributed by atoms with van der Waals surface area (Å²) >= 11 is 0. The van der Waals surface area contributed by atoms with Gasteiger partial charge in [0.05, 0.1) is 25.7 Å². The molecule has 0 aliphatic heterocycles. The van der Waals surface area contributed by atoms with Crippen molar-refractivity contribution in [2.24, 2.45) is 0 Å². The zero-order valence-corrected chi connectivity index (χ0v) is 11.9. The summed E-state index contributed by atoms with van der Waals surface area (Å²) in [7, 11) is 2.39. The van der Waals surface area contributed by atoms with Crippen LogP contribution in [0.15, 0.2) is 18.2 Å². The van der Waals surface area contributed by atoms with Gasteiger partial charge in [0.25, 0.3) is 0 Å². The second-order valence-corrected chi connectivity index (χ2v) is 2.65. The first-order chi connectivity index (χ1) is 6.50. The van der Waals surface area contributed by atoms with Crippen LogP contribution in [0.2, 0.25) is 0 Å². The minimum absolute atomic E-state index is 0. The van der Waals surface area contributed by atoms with Crippen molar-refractivity contribution in [3.63, 3.8) is 0 Å². The number of methoxy groups -OCH3 is 2. The van der Waals surface area contributed by atoms with E-state index in [1.54, 1.807) is 0 Å². The van der Waals surface area contributed by atoms with Gasteiger partial charge in [-0.25, -0.2) is 0 Å². The molecule has 1 aromatic carbocycles. The summed E-state index contributed by atoms with van der Waals surface area (Å²) in [5, 5.41) is 0. The second kappa shape index (κ2) is 6.15. The van der Waals surface area contributed by atoms with Gasteiger partial charge in [0.2, 0.25) is 0 Å². The van der Waals surface area contributed by atoms with Crippen LogP contribution in [0.25, 0.3) is 0 Å². The van der Waals surface area contributed by atoms with Gasteiger partial charge in [0.1, 0.15) is 0 Å². The summed E-state index contributed by atoms with van der Waals surface area (Å²) in [6.45, 7) is -5.12. The fraction of sp³-hybridized carbons (Fsp3) is 0.250. The van der Waals surface area contributed by atoms with Crippen molar-refractivity contribution in [3.8, 4) is 11.5 Å². The standard InChI is InChI=1S/C8H9BF3O2.K/c1-13-6-4-3-5-7(14-2)8(6)9(10,11)12;/h3-5H,1-2H3;/q-1;+1. The van der Waals surface area contributed by atoms with Gasteiger partial charge < -0.3 is 22.4 Å². The molecule has 15 heavy (non-hydrogen) atoms. The molecule has 0 aliphatic carbocycles. The molecule has 0 saturated heterocycles. The van der Waals surface area contributed by atoms with Crippen LogP contribution in [0.1, 0.15) is 0 Å². The van der Waals surface area contributed by atoms with Crippen LogP contribution in [0.4, 0.5) is 12.9 Å². The van der Waals surface area contributed by atoms with Gasteiger partial charge in [0, 0.05) is 0 Å². The molecule has 0 aromatic heterocycles. The SMILES string of the molecule is COc1cccc(OC)c1[B-](F)(F)F.[K+]. The third-order valence-corrected chi connectivity index (χ3v) is 1.79. The number of rotatable bonds is 3. The van der Waals surface area contributed by atoms with Crippen molar-refractivity contribution < 1.29 is 73.8 Å². The molecule has 0 aliphatic rings. The van der Waals surface area contributed by atoms with Crippen molar-refractivity contribution in [1.82, 2.24) is 0 Å². The summed E-state index contributed by atoms with van der Waals surface area (Å²) < 4.78 is 47.0. The Balaban J connectivity index is 0.00000196. The molecular formula is C8H9BF3KO2. The van der Waals surface area contributed by atoms with Crippen LogP contribution in [-0.2, 0) is 0 Å². The van der Waals surface area contributed by atoms with E-state index in [0.29, 0.717) is 0 Å². The Kier molecular flexibility index (Phi) is 6.27. The molecule has 0 saturated carbocycles. The van der Waals surface area contributed by atoms with Gasteiger partial charge in [-0.2, -0.15) is 0 Å².